The van der Waals surface area contributed by atoms with Gasteiger partial charge in [0.1, 0.15) is 0 Å². The van der Waals surface area contributed by atoms with Crippen LogP contribution in [0.15, 0.2) is 54.6 Å². The molecule has 122 valence electrons. The lowest BCUT2D eigenvalue weighted by atomic mass is 9.94. The fourth-order valence-electron chi connectivity index (χ4n) is 4.47. The number of fused-ring (bicyclic) bond motifs is 5. The minimum Gasteiger partial charge on any atom is -0.357 e. The minimum absolute atomic E-state index is 0.563. The van der Waals surface area contributed by atoms with Crippen LogP contribution in [-0.2, 0) is 13.0 Å². The first-order chi connectivity index (χ1) is 11.9. The number of hydrogen-bond acceptors (Lipinski definition) is 2. The Morgan fingerprint density at radius 3 is 2.71 bits per heavy atom. The van der Waals surface area contributed by atoms with E-state index < -0.39 is 0 Å². The van der Waals surface area contributed by atoms with Crippen LogP contribution >= 0.6 is 0 Å². The van der Waals surface area contributed by atoms with Crippen LogP contribution in [0.3, 0.4) is 0 Å². The highest BCUT2D eigenvalue weighted by atomic mass is 15.4. The van der Waals surface area contributed by atoms with Crippen molar-refractivity contribution in [3.05, 3.63) is 71.4 Å². The molecule has 3 aromatic rings. The van der Waals surface area contributed by atoms with Crippen molar-refractivity contribution < 1.29 is 0 Å². The van der Waals surface area contributed by atoms with Gasteiger partial charge in [0.25, 0.3) is 0 Å². The molecule has 0 aliphatic carbocycles. The SMILES string of the molecule is c1ccc(CN2CCC3c4[nH]c5ccccc5c4CCN3C2)cc1. The number of para-hydroxylation sites is 1. The van der Waals surface area contributed by atoms with E-state index in [9.17, 15) is 0 Å². The van der Waals surface area contributed by atoms with E-state index in [-0.39, 0.29) is 0 Å². The van der Waals surface area contributed by atoms with E-state index in [2.05, 4.69) is 69.4 Å². The minimum atomic E-state index is 0.563. The largest absolute Gasteiger partial charge is 0.357 e. The molecule has 3 heteroatoms. The van der Waals surface area contributed by atoms with Crippen molar-refractivity contribution in [2.24, 2.45) is 0 Å². The fourth-order valence-corrected chi connectivity index (χ4v) is 4.47. The van der Waals surface area contributed by atoms with Gasteiger partial charge in [0.2, 0.25) is 0 Å². The molecule has 1 atom stereocenters. The summed E-state index contributed by atoms with van der Waals surface area (Å²) in [6.07, 6.45) is 2.38. The highest BCUT2D eigenvalue weighted by molar-refractivity contribution is 5.85. The number of aromatic amines is 1. The first-order valence-corrected chi connectivity index (χ1v) is 8.98. The van der Waals surface area contributed by atoms with Crippen LogP contribution in [0.4, 0.5) is 0 Å². The average molecular weight is 317 g/mol. The lowest BCUT2D eigenvalue weighted by molar-refractivity contribution is 0.0261. The first kappa shape index (κ1) is 14.3. The number of benzene rings is 2. The zero-order valence-corrected chi connectivity index (χ0v) is 13.9. The molecule has 2 aliphatic rings. The molecule has 2 aromatic carbocycles. The molecule has 0 bridgehead atoms. The summed E-state index contributed by atoms with van der Waals surface area (Å²) in [5, 5.41) is 1.43. The van der Waals surface area contributed by atoms with Crippen molar-refractivity contribution in [1.82, 2.24) is 14.8 Å². The summed E-state index contributed by atoms with van der Waals surface area (Å²) < 4.78 is 0. The van der Waals surface area contributed by atoms with Gasteiger partial charge in [-0.2, -0.15) is 0 Å². The third-order valence-corrected chi connectivity index (χ3v) is 5.62. The topological polar surface area (TPSA) is 22.3 Å². The predicted molar refractivity (Wildman–Crippen MR) is 97.8 cm³/mol. The molecule has 5 rings (SSSR count). The molecule has 0 saturated carbocycles. The maximum Gasteiger partial charge on any atom is 0.0526 e. The van der Waals surface area contributed by atoms with Gasteiger partial charge >= 0.3 is 0 Å². The Bertz CT molecular complexity index is 852. The highest BCUT2D eigenvalue weighted by Gasteiger charge is 2.34. The molecule has 0 spiro atoms. The number of hydrogen-bond donors (Lipinski definition) is 1. The molecule has 24 heavy (non-hydrogen) atoms. The summed E-state index contributed by atoms with van der Waals surface area (Å²) in [6, 6.07) is 20.2. The average Bonchev–Trinajstić information content (AvgIpc) is 3.01. The molecule has 1 fully saturated rings. The van der Waals surface area contributed by atoms with Crippen LogP contribution in [-0.4, -0.2) is 34.5 Å². The molecule has 2 aliphatic heterocycles. The number of rotatable bonds is 2. The Morgan fingerprint density at radius 1 is 0.958 bits per heavy atom. The number of aromatic nitrogens is 1. The van der Waals surface area contributed by atoms with Gasteiger partial charge in [-0.05, 0) is 30.0 Å². The smallest absolute Gasteiger partial charge is 0.0526 e. The van der Waals surface area contributed by atoms with Gasteiger partial charge in [0.15, 0.2) is 0 Å². The van der Waals surface area contributed by atoms with Gasteiger partial charge in [-0.25, -0.2) is 0 Å². The van der Waals surface area contributed by atoms with E-state index >= 15 is 0 Å². The van der Waals surface area contributed by atoms with Crippen molar-refractivity contribution >= 4 is 10.9 Å². The molecule has 1 aromatic heterocycles. The number of nitrogens with zero attached hydrogens (tertiary/aromatic N) is 2. The number of H-pyrrole nitrogens is 1. The third kappa shape index (κ3) is 2.36. The van der Waals surface area contributed by atoms with Gasteiger partial charge in [-0.3, -0.25) is 9.80 Å². The monoisotopic (exact) mass is 317 g/mol. The summed E-state index contributed by atoms with van der Waals surface area (Å²) in [6.45, 7) is 4.48. The van der Waals surface area contributed by atoms with E-state index in [1.807, 2.05) is 0 Å². The van der Waals surface area contributed by atoms with Gasteiger partial charge in [0.05, 0.1) is 12.7 Å². The Morgan fingerprint density at radius 2 is 1.79 bits per heavy atom. The Hall–Kier alpha value is -2.10. The van der Waals surface area contributed by atoms with Crippen molar-refractivity contribution in [3.63, 3.8) is 0 Å². The summed E-state index contributed by atoms with van der Waals surface area (Å²) in [4.78, 5) is 8.96. The molecule has 3 nitrogen and oxygen atoms in total. The van der Waals surface area contributed by atoms with Crippen LogP contribution in [0.1, 0.15) is 29.3 Å². The molecule has 1 N–H and O–H groups in total. The summed E-state index contributed by atoms with van der Waals surface area (Å²) in [7, 11) is 0. The van der Waals surface area contributed by atoms with Crippen LogP contribution in [0.25, 0.3) is 10.9 Å². The van der Waals surface area contributed by atoms with Gasteiger partial charge in [-0.1, -0.05) is 48.5 Å². The molecule has 0 radical (unpaired) electrons. The maximum absolute atomic E-state index is 3.72. The lowest BCUT2D eigenvalue weighted by Crippen LogP contribution is -2.48. The molecule has 0 amide bonds. The van der Waals surface area contributed by atoms with Gasteiger partial charge in [0, 0.05) is 36.2 Å². The Labute approximate surface area is 142 Å². The normalized spacial score (nSPS) is 21.6. The zero-order valence-electron chi connectivity index (χ0n) is 13.9. The van der Waals surface area contributed by atoms with E-state index in [4.69, 9.17) is 0 Å². The third-order valence-electron chi connectivity index (χ3n) is 5.62. The molecule has 3 heterocycles. The second-order valence-electron chi connectivity index (χ2n) is 7.11. The van der Waals surface area contributed by atoms with E-state index in [1.165, 1.54) is 41.7 Å². The van der Waals surface area contributed by atoms with Crippen molar-refractivity contribution in [2.45, 2.75) is 25.4 Å². The van der Waals surface area contributed by atoms with Crippen LogP contribution in [0.5, 0.6) is 0 Å². The van der Waals surface area contributed by atoms with Crippen LogP contribution in [0, 0.1) is 0 Å². The van der Waals surface area contributed by atoms with Crippen molar-refractivity contribution in [1.29, 1.82) is 0 Å². The molecular weight excluding hydrogens is 294 g/mol. The van der Waals surface area contributed by atoms with Crippen molar-refractivity contribution in [2.75, 3.05) is 19.8 Å². The second kappa shape index (κ2) is 5.76. The summed E-state index contributed by atoms with van der Waals surface area (Å²) in [5.74, 6) is 0. The Balaban J connectivity index is 1.38. The summed E-state index contributed by atoms with van der Waals surface area (Å²) in [5.41, 5.74) is 5.75. The van der Waals surface area contributed by atoms with E-state index in [1.54, 1.807) is 5.56 Å². The van der Waals surface area contributed by atoms with Gasteiger partial charge < -0.3 is 4.98 Å². The lowest BCUT2D eigenvalue weighted by Gasteiger charge is -2.44. The zero-order chi connectivity index (χ0) is 15.9. The standard InChI is InChI=1S/C21H23N3/c1-2-6-16(7-3-1)14-23-12-11-20-21-18(10-13-24(20)15-23)17-8-4-5-9-19(17)22-21/h1-9,20,22H,10-15H2. The fraction of sp³-hybridized carbons (Fsp3) is 0.333. The molecular formula is C21H23N3. The highest BCUT2D eigenvalue weighted by Crippen LogP contribution is 2.38. The van der Waals surface area contributed by atoms with Gasteiger partial charge in [-0.15, -0.1) is 0 Å². The van der Waals surface area contributed by atoms with Crippen LogP contribution in [0.2, 0.25) is 0 Å². The van der Waals surface area contributed by atoms with Crippen LogP contribution < -0.4 is 0 Å². The first-order valence-electron chi connectivity index (χ1n) is 8.98. The van der Waals surface area contributed by atoms with E-state index in [0.29, 0.717) is 6.04 Å². The number of nitrogens with one attached hydrogen (secondary N) is 1. The summed E-state index contributed by atoms with van der Waals surface area (Å²) >= 11 is 0. The Kier molecular flexibility index (Phi) is 3.42. The van der Waals surface area contributed by atoms with Crippen molar-refractivity contribution in [3.8, 4) is 0 Å². The quantitative estimate of drug-likeness (QED) is 0.773. The molecule has 1 saturated heterocycles. The van der Waals surface area contributed by atoms with E-state index in [0.717, 1.165) is 19.6 Å². The predicted octanol–water partition coefficient (Wildman–Crippen LogP) is 3.93. The maximum atomic E-state index is 3.72. The molecule has 1 unspecified atom stereocenters. The second-order valence-corrected chi connectivity index (χ2v) is 7.11.